The molecule has 0 radical (unpaired) electrons. The van der Waals surface area contributed by atoms with Gasteiger partial charge in [0, 0.05) is 29.2 Å². The third-order valence-corrected chi connectivity index (χ3v) is 7.55. The molecule has 2 aromatic heterocycles. The number of carbonyl (C=O) groups is 2. The highest BCUT2D eigenvalue weighted by molar-refractivity contribution is 7.18. The molecule has 0 aromatic carbocycles. The van der Waals surface area contributed by atoms with Gasteiger partial charge < -0.3 is 15.5 Å². The van der Waals surface area contributed by atoms with Crippen molar-refractivity contribution in [3.63, 3.8) is 0 Å². The van der Waals surface area contributed by atoms with Crippen LogP contribution in [-0.4, -0.2) is 37.6 Å². The molecule has 2 heterocycles. The average molecular weight is 484 g/mol. The van der Waals surface area contributed by atoms with Crippen LogP contribution in [0.4, 0.5) is 18.6 Å². The Labute approximate surface area is 191 Å². The molecule has 0 bridgehead atoms. The number of nitrogens with zero attached hydrogens (tertiary/aromatic N) is 2. The molecule has 0 unspecified atom stereocenters. The maximum atomic E-state index is 14.0. The molecule has 11 heteroatoms. The molecule has 3 N–H and O–H groups in total. The van der Waals surface area contributed by atoms with Crippen molar-refractivity contribution in [2.24, 2.45) is 0 Å². The summed E-state index contributed by atoms with van der Waals surface area (Å²) in [6.07, 6.45) is 6.10. The zero-order valence-corrected chi connectivity index (χ0v) is 18.8. The van der Waals surface area contributed by atoms with E-state index in [2.05, 4.69) is 9.69 Å². The van der Waals surface area contributed by atoms with Gasteiger partial charge in [0.1, 0.15) is 15.8 Å². The van der Waals surface area contributed by atoms with Gasteiger partial charge in [-0.15, -0.1) is 11.3 Å². The fourth-order valence-electron chi connectivity index (χ4n) is 3.94. The van der Waals surface area contributed by atoms with Crippen LogP contribution < -0.4 is 5.32 Å². The van der Waals surface area contributed by atoms with Crippen molar-refractivity contribution in [1.29, 1.82) is 0 Å². The van der Waals surface area contributed by atoms with E-state index in [4.69, 9.17) is 20.0 Å². The molecule has 0 atom stereocenters. The Morgan fingerprint density at radius 1 is 1.19 bits per heavy atom. The van der Waals surface area contributed by atoms with Crippen molar-refractivity contribution in [3.05, 3.63) is 27.9 Å². The molecular formula is C21H23F2N3O4S2. The summed E-state index contributed by atoms with van der Waals surface area (Å²) in [5, 5.41) is 18.4. The molecule has 1 amide bonds. The fraction of sp³-hybridized carbons (Fsp3) is 0.524. The van der Waals surface area contributed by atoms with Gasteiger partial charge in [0.15, 0.2) is 0 Å². The SMILES string of the molecule is O=C(Nc1sc2c(c1-c1nc(C3CC3)ns1)CCC(F)(F)C2)C1=CCCCC1.O=C(O)O. The first-order valence-corrected chi connectivity index (χ1v) is 12.1. The summed E-state index contributed by atoms with van der Waals surface area (Å²) in [5.74, 6) is -1.50. The third kappa shape index (κ3) is 5.32. The Bertz CT molecular complexity index is 1060. The quantitative estimate of drug-likeness (QED) is 0.497. The number of allylic oxidation sites excluding steroid dienone is 1. The number of alkyl halides is 2. The van der Waals surface area contributed by atoms with E-state index in [-0.39, 0.29) is 18.7 Å². The zero-order chi connectivity index (χ0) is 22.9. The summed E-state index contributed by atoms with van der Waals surface area (Å²) in [4.78, 5) is 26.7. The average Bonchev–Trinajstić information content (AvgIpc) is 3.37. The highest BCUT2D eigenvalue weighted by Crippen LogP contribution is 2.49. The number of hydrogen-bond acceptors (Lipinski definition) is 6. The van der Waals surface area contributed by atoms with Crippen LogP contribution in [0, 0.1) is 0 Å². The summed E-state index contributed by atoms with van der Waals surface area (Å²) in [5.41, 5.74) is 2.54. The lowest BCUT2D eigenvalue weighted by Gasteiger charge is -2.21. The van der Waals surface area contributed by atoms with Crippen molar-refractivity contribution < 1.29 is 28.6 Å². The van der Waals surface area contributed by atoms with E-state index in [1.165, 1.54) is 22.9 Å². The van der Waals surface area contributed by atoms with Crippen LogP contribution in [0.2, 0.25) is 0 Å². The molecular weight excluding hydrogens is 460 g/mol. The minimum absolute atomic E-state index is 0.113. The van der Waals surface area contributed by atoms with Crippen molar-refractivity contribution in [3.8, 4) is 10.6 Å². The van der Waals surface area contributed by atoms with Gasteiger partial charge in [0.2, 0.25) is 0 Å². The van der Waals surface area contributed by atoms with Gasteiger partial charge in [-0.2, -0.15) is 4.37 Å². The van der Waals surface area contributed by atoms with E-state index < -0.39 is 12.1 Å². The van der Waals surface area contributed by atoms with E-state index in [1.807, 2.05) is 6.08 Å². The van der Waals surface area contributed by atoms with E-state index in [0.29, 0.717) is 22.2 Å². The highest BCUT2D eigenvalue weighted by atomic mass is 32.1. The number of nitrogens with one attached hydrogen (secondary N) is 1. The molecule has 2 aromatic rings. The minimum Gasteiger partial charge on any atom is -0.450 e. The molecule has 7 nitrogen and oxygen atoms in total. The number of hydrogen-bond donors (Lipinski definition) is 3. The molecule has 172 valence electrons. The van der Waals surface area contributed by atoms with Gasteiger partial charge in [-0.1, -0.05) is 6.08 Å². The second-order valence-corrected chi connectivity index (χ2v) is 10.0. The fourth-order valence-corrected chi connectivity index (χ4v) is 6.14. The molecule has 0 aliphatic heterocycles. The lowest BCUT2D eigenvalue weighted by atomic mass is 9.93. The van der Waals surface area contributed by atoms with Crippen LogP contribution >= 0.6 is 22.9 Å². The summed E-state index contributed by atoms with van der Waals surface area (Å²) >= 11 is 2.60. The number of amides is 1. The molecule has 32 heavy (non-hydrogen) atoms. The Balaban J connectivity index is 0.000000567. The predicted octanol–water partition coefficient (Wildman–Crippen LogP) is 5.93. The Morgan fingerprint density at radius 3 is 2.59 bits per heavy atom. The van der Waals surface area contributed by atoms with Crippen LogP contribution in [0.15, 0.2) is 11.6 Å². The summed E-state index contributed by atoms with van der Waals surface area (Å²) < 4.78 is 32.5. The first-order chi connectivity index (χ1) is 15.2. The number of halogens is 2. The van der Waals surface area contributed by atoms with Crippen LogP contribution in [0.25, 0.3) is 10.6 Å². The number of anilines is 1. The number of aromatic nitrogens is 2. The molecule has 1 fully saturated rings. The van der Waals surface area contributed by atoms with Crippen molar-refractivity contribution in [2.75, 3.05) is 5.32 Å². The largest absolute Gasteiger partial charge is 0.503 e. The maximum absolute atomic E-state index is 14.0. The number of fused-ring (bicyclic) bond motifs is 1. The van der Waals surface area contributed by atoms with E-state index in [0.717, 1.165) is 66.1 Å². The second kappa shape index (κ2) is 9.22. The van der Waals surface area contributed by atoms with Crippen molar-refractivity contribution >= 4 is 39.9 Å². The van der Waals surface area contributed by atoms with Gasteiger partial charge in [-0.25, -0.2) is 18.6 Å². The Morgan fingerprint density at radius 2 is 1.94 bits per heavy atom. The molecule has 1 saturated carbocycles. The highest BCUT2D eigenvalue weighted by Gasteiger charge is 2.38. The molecule has 0 spiro atoms. The van der Waals surface area contributed by atoms with Gasteiger partial charge in [0.25, 0.3) is 11.8 Å². The van der Waals surface area contributed by atoms with Crippen LogP contribution in [0.3, 0.4) is 0 Å². The van der Waals surface area contributed by atoms with Gasteiger partial charge in [0.05, 0.1) is 5.56 Å². The first kappa shape index (κ1) is 22.8. The standard InChI is InChI=1S/C20H21F2N3OS2.CH2O3/c21-20(22)9-8-13-14(10-20)27-18(24-17(26)12-4-2-1-3-5-12)15(13)19-23-16(25-28-19)11-6-7-11;2-1(3)4/h4,11H,1-3,5-10H2,(H,24,26);(H2,2,3,4). The van der Waals surface area contributed by atoms with Crippen molar-refractivity contribution in [2.45, 2.75) is 69.6 Å². The van der Waals surface area contributed by atoms with Crippen LogP contribution in [-0.2, 0) is 17.6 Å². The van der Waals surface area contributed by atoms with Crippen LogP contribution in [0.1, 0.15) is 67.1 Å². The summed E-state index contributed by atoms with van der Waals surface area (Å²) in [6, 6.07) is 0. The summed E-state index contributed by atoms with van der Waals surface area (Å²) in [6.45, 7) is 0. The Kier molecular flexibility index (Phi) is 6.57. The molecule has 3 aliphatic rings. The van der Waals surface area contributed by atoms with E-state index in [1.54, 1.807) is 0 Å². The van der Waals surface area contributed by atoms with E-state index >= 15 is 0 Å². The van der Waals surface area contributed by atoms with Crippen LogP contribution in [0.5, 0.6) is 0 Å². The minimum atomic E-state index is -2.68. The topological polar surface area (TPSA) is 112 Å². The molecule has 5 rings (SSSR count). The molecule has 3 aliphatic carbocycles. The van der Waals surface area contributed by atoms with Crippen molar-refractivity contribution in [1.82, 2.24) is 9.36 Å². The number of thiophene rings is 1. The monoisotopic (exact) mass is 483 g/mol. The Hall–Kier alpha value is -2.40. The lowest BCUT2D eigenvalue weighted by Crippen LogP contribution is -2.24. The predicted molar refractivity (Wildman–Crippen MR) is 118 cm³/mol. The normalized spacial score (nSPS) is 19.2. The summed E-state index contributed by atoms with van der Waals surface area (Å²) in [7, 11) is 0. The zero-order valence-electron chi connectivity index (χ0n) is 17.2. The maximum Gasteiger partial charge on any atom is 0.503 e. The van der Waals surface area contributed by atoms with E-state index in [9.17, 15) is 13.6 Å². The smallest absolute Gasteiger partial charge is 0.450 e. The number of carboxylic acid groups (broad SMARTS) is 2. The van der Waals surface area contributed by atoms with Gasteiger partial charge >= 0.3 is 6.16 Å². The number of rotatable bonds is 4. The number of carbonyl (C=O) groups excluding carboxylic acids is 1. The molecule has 0 saturated heterocycles. The second-order valence-electron chi connectivity index (χ2n) is 8.18. The van der Waals surface area contributed by atoms with Gasteiger partial charge in [-0.3, -0.25) is 4.79 Å². The van der Waals surface area contributed by atoms with Gasteiger partial charge in [-0.05, 0) is 62.0 Å². The third-order valence-electron chi connectivity index (χ3n) is 5.66. The first-order valence-electron chi connectivity index (χ1n) is 10.5. The lowest BCUT2D eigenvalue weighted by molar-refractivity contribution is -0.113.